The zero-order chi connectivity index (χ0) is 21.6. The summed E-state index contributed by atoms with van der Waals surface area (Å²) in [6.45, 7) is 6.69. The highest BCUT2D eigenvalue weighted by molar-refractivity contribution is 5.70. The van der Waals surface area contributed by atoms with Crippen molar-refractivity contribution >= 4 is 12.2 Å². The van der Waals surface area contributed by atoms with Gasteiger partial charge in [0.15, 0.2) is 0 Å². The first kappa shape index (κ1) is 21.7. The molecule has 0 unspecified atom stereocenters. The van der Waals surface area contributed by atoms with Crippen LogP contribution in [-0.2, 0) is 16.1 Å². The molecule has 1 N–H and O–H groups in total. The molecule has 30 heavy (non-hydrogen) atoms. The Kier molecular flexibility index (Phi) is 6.98. The van der Waals surface area contributed by atoms with Gasteiger partial charge in [-0.05, 0) is 38.3 Å². The molecule has 0 aromatic heterocycles. The van der Waals surface area contributed by atoms with Gasteiger partial charge < -0.3 is 19.7 Å². The molecule has 2 aromatic rings. The number of nitrogens with one attached hydrogen (secondary N) is 1. The third kappa shape index (κ3) is 6.51. The highest BCUT2D eigenvalue weighted by Gasteiger charge is 2.34. The summed E-state index contributed by atoms with van der Waals surface area (Å²) in [5, 5.41) is 2.93. The molecule has 0 spiro atoms. The Bertz CT molecular complexity index is 833. The second kappa shape index (κ2) is 9.65. The Labute approximate surface area is 178 Å². The summed E-state index contributed by atoms with van der Waals surface area (Å²) >= 11 is 0. The number of hydrogen-bond acceptors (Lipinski definition) is 4. The Hall–Kier alpha value is -3.02. The van der Waals surface area contributed by atoms with Gasteiger partial charge in [-0.25, -0.2) is 9.59 Å². The van der Waals surface area contributed by atoms with E-state index in [0.29, 0.717) is 13.1 Å². The second-order valence-electron chi connectivity index (χ2n) is 8.63. The number of carbonyl (C=O) groups excluding carboxylic acids is 2. The van der Waals surface area contributed by atoms with Crippen molar-refractivity contribution in [3.63, 3.8) is 0 Å². The smallest absolute Gasteiger partial charge is 0.410 e. The van der Waals surface area contributed by atoms with Gasteiger partial charge in [0.05, 0.1) is 6.04 Å². The van der Waals surface area contributed by atoms with Crippen LogP contribution in [0.4, 0.5) is 9.59 Å². The zero-order valence-electron chi connectivity index (χ0n) is 17.8. The molecule has 1 saturated heterocycles. The molecule has 2 aromatic carbocycles. The summed E-state index contributed by atoms with van der Waals surface area (Å²) in [5.74, 6) is 0.104. The number of hydrogen-bond donors (Lipinski definition) is 1. The van der Waals surface area contributed by atoms with E-state index in [0.717, 1.165) is 17.5 Å². The topological polar surface area (TPSA) is 67.9 Å². The third-order valence-corrected chi connectivity index (χ3v) is 4.91. The van der Waals surface area contributed by atoms with Gasteiger partial charge in [-0.2, -0.15) is 0 Å². The van der Waals surface area contributed by atoms with Crippen molar-refractivity contribution in [2.75, 3.05) is 13.1 Å². The van der Waals surface area contributed by atoms with E-state index in [9.17, 15) is 9.59 Å². The highest BCUT2D eigenvalue weighted by Crippen LogP contribution is 2.28. The van der Waals surface area contributed by atoms with Crippen LogP contribution in [0, 0.1) is 0 Å². The SMILES string of the molecule is CC(C)(C)OC(=O)N1C[C@@H](NC(=O)OCc2ccccc2)C[C@H](c2ccccc2)C1. The van der Waals surface area contributed by atoms with E-state index in [4.69, 9.17) is 9.47 Å². The van der Waals surface area contributed by atoms with Crippen molar-refractivity contribution in [2.24, 2.45) is 0 Å². The monoisotopic (exact) mass is 410 g/mol. The molecular formula is C24H30N2O4. The van der Waals surface area contributed by atoms with Crippen LogP contribution in [0.5, 0.6) is 0 Å². The average Bonchev–Trinajstić information content (AvgIpc) is 2.72. The van der Waals surface area contributed by atoms with Crippen LogP contribution in [-0.4, -0.2) is 41.8 Å². The lowest BCUT2D eigenvalue weighted by atomic mass is 9.88. The van der Waals surface area contributed by atoms with Crippen LogP contribution < -0.4 is 5.32 Å². The molecule has 0 bridgehead atoms. The van der Waals surface area contributed by atoms with Gasteiger partial charge >= 0.3 is 12.2 Å². The number of carbonyl (C=O) groups is 2. The number of alkyl carbamates (subject to hydrolysis) is 1. The number of amides is 2. The Morgan fingerprint density at radius 1 is 1.00 bits per heavy atom. The molecule has 6 nitrogen and oxygen atoms in total. The molecule has 1 heterocycles. The standard InChI is InChI=1S/C24H30N2O4/c1-24(2,3)30-23(28)26-15-20(19-12-8-5-9-13-19)14-21(16-26)25-22(27)29-17-18-10-6-4-7-11-18/h4-13,20-21H,14-17H2,1-3H3,(H,25,27)/t20-,21-/m0/s1. The van der Waals surface area contributed by atoms with Crippen molar-refractivity contribution in [3.05, 3.63) is 71.8 Å². The molecule has 1 aliphatic rings. The first-order valence-corrected chi connectivity index (χ1v) is 10.3. The average molecular weight is 411 g/mol. The molecule has 6 heteroatoms. The molecule has 160 valence electrons. The van der Waals surface area contributed by atoms with E-state index in [-0.39, 0.29) is 24.7 Å². The summed E-state index contributed by atoms with van der Waals surface area (Å²) < 4.78 is 10.9. The summed E-state index contributed by atoms with van der Waals surface area (Å²) in [7, 11) is 0. The number of rotatable bonds is 4. The third-order valence-electron chi connectivity index (χ3n) is 4.91. The van der Waals surface area contributed by atoms with Crippen molar-refractivity contribution < 1.29 is 19.1 Å². The van der Waals surface area contributed by atoms with Crippen LogP contribution in [0.25, 0.3) is 0 Å². The van der Waals surface area contributed by atoms with Crippen molar-refractivity contribution in [2.45, 2.75) is 51.4 Å². The summed E-state index contributed by atoms with van der Waals surface area (Å²) in [6.07, 6.45) is -0.127. The molecule has 1 fully saturated rings. The number of piperidine rings is 1. The summed E-state index contributed by atoms with van der Waals surface area (Å²) in [4.78, 5) is 26.7. The molecule has 0 aliphatic carbocycles. The first-order valence-electron chi connectivity index (χ1n) is 10.3. The van der Waals surface area contributed by atoms with E-state index in [1.807, 2.05) is 81.4 Å². The zero-order valence-corrected chi connectivity index (χ0v) is 17.8. The van der Waals surface area contributed by atoms with E-state index in [1.165, 1.54) is 0 Å². The fourth-order valence-corrected chi connectivity index (χ4v) is 3.58. The van der Waals surface area contributed by atoms with Gasteiger partial charge in [-0.3, -0.25) is 0 Å². The van der Waals surface area contributed by atoms with Gasteiger partial charge in [0.1, 0.15) is 12.2 Å². The Morgan fingerprint density at radius 3 is 2.27 bits per heavy atom. The van der Waals surface area contributed by atoms with Gasteiger partial charge in [0.2, 0.25) is 0 Å². The minimum Gasteiger partial charge on any atom is -0.445 e. The molecule has 0 saturated carbocycles. The van der Waals surface area contributed by atoms with Crippen LogP contribution in [0.1, 0.15) is 44.2 Å². The van der Waals surface area contributed by atoms with E-state index in [1.54, 1.807) is 4.90 Å². The molecular weight excluding hydrogens is 380 g/mol. The number of nitrogens with zero attached hydrogens (tertiary/aromatic N) is 1. The first-order chi connectivity index (χ1) is 14.3. The fraction of sp³-hybridized carbons (Fsp3) is 0.417. The maximum Gasteiger partial charge on any atom is 0.410 e. The molecule has 0 radical (unpaired) electrons. The van der Waals surface area contributed by atoms with Crippen LogP contribution >= 0.6 is 0 Å². The minimum atomic E-state index is -0.575. The van der Waals surface area contributed by atoms with Crippen molar-refractivity contribution in [1.82, 2.24) is 10.2 Å². The molecule has 2 atom stereocenters. The van der Waals surface area contributed by atoms with E-state index >= 15 is 0 Å². The lowest BCUT2D eigenvalue weighted by molar-refractivity contribution is 0.0162. The van der Waals surface area contributed by atoms with Gasteiger partial charge in [-0.1, -0.05) is 60.7 Å². The number of benzene rings is 2. The minimum absolute atomic E-state index is 0.104. The van der Waals surface area contributed by atoms with Crippen LogP contribution in [0.3, 0.4) is 0 Å². The maximum atomic E-state index is 12.7. The van der Waals surface area contributed by atoms with Crippen LogP contribution in [0.2, 0.25) is 0 Å². The fourth-order valence-electron chi connectivity index (χ4n) is 3.58. The highest BCUT2D eigenvalue weighted by atomic mass is 16.6. The second-order valence-corrected chi connectivity index (χ2v) is 8.63. The number of likely N-dealkylation sites (tertiary alicyclic amines) is 1. The Morgan fingerprint density at radius 2 is 1.63 bits per heavy atom. The molecule has 1 aliphatic heterocycles. The molecule has 3 rings (SSSR count). The normalized spacial score (nSPS) is 19.1. The van der Waals surface area contributed by atoms with Crippen molar-refractivity contribution in [3.8, 4) is 0 Å². The van der Waals surface area contributed by atoms with Gasteiger partial charge in [-0.15, -0.1) is 0 Å². The van der Waals surface area contributed by atoms with Gasteiger partial charge in [0, 0.05) is 19.0 Å². The number of ether oxygens (including phenoxy) is 2. The lowest BCUT2D eigenvalue weighted by Gasteiger charge is -2.38. The van der Waals surface area contributed by atoms with Crippen LogP contribution in [0.15, 0.2) is 60.7 Å². The lowest BCUT2D eigenvalue weighted by Crippen LogP contribution is -2.53. The van der Waals surface area contributed by atoms with Crippen molar-refractivity contribution in [1.29, 1.82) is 0 Å². The largest absolute Gasteiger partial charge is 0.445 e. The predicted octanol–water partition coefficient (Wildman–Crippen LogP) is 4.71. The summed E-state index contributed by atoms with van der Waals surface area (Å²) in [5.41, 5.74) is 1.48. The maximum absolute atomic E-state index is 12.7. The summed E-state index contributed by atoms with van der Waals surface area (Å²) in [6, 6.07) is 19.3. The Balaban J connectivity index is 1.65. The van der Waals surface area contributed by atoms with Gasteiger partial charge in [0.25, 0.3) is 0 Å². The van der Waals surface area contributed by atoms with E-state index < -0.39 is 11.7 Å². The van der Waals surface area contributed by atoms with E-state index in [2.05, 4.69) is 5.32 Å². The quantitative estimate of drug-likeness (QED) is 0.793. The predicted molar refractivity (Wildman–Crippen MR) is 115 cm³/mol. The molecule has 2 amide bonds.